The van der Waals surface area contributed by atoms with Crippen molar-refractivity contribution in [1.82, 2.24) is 24.8 Å². The summed E-state index contributed by atoms with van der Waals surface area (Å²) < 4.78 is 7.80. The fourth-order valence-corrected chi connectivity index (χ4v) is 5.55. The molecule has 0 unspecified atom stereocenters. The summed E-state index contributed by atoms with van der Waals surface area (Å²) in [5.41, 5.74) is 0.187. The molecule has 10 heteroatoms. The summed E-state index contributed by atoms with van der Waals surface area (Å²) in [7, 11) is 0. The van der Waals surface area contributed by atoms with Crippen molar-refractivity contribution in [3.63, 3.8) is 0 Å². The summed E-state index contributed by atoms with van der Waals surface area (Å²) in [6.45, 7) is 5.45. The highest BCUT2D eigenvalue weighted by atomic mass is 16.5. The van der Waals surface area contributed by atoms with Gasteiger partial charge in [0, 0.05) is 56.6 Å². The van der Waals surface area contributed by atoms with Crippen LogP contribution in [0.15, 0.2) is 65.7 Å². The third-order valence-electron chi connectivity index (χ3n) is 7.93. The van der Waals surface area contributed by atoms with Gasteiger partial charge in [0.2, 0.25) is 5.91 Å². The molecule has 0 saturated carbocycles. The topological polar surface area (TPSA) is 110 Å². The Balaban J connectivity index is 1.33. The fraction of sp³-hybridized carbons (Fsp3) is 0.433. The number of amides is 2. The van der Waals surface area contributed by atoms with Gasteiger partial charge in [-0.05, 0) is 56.9 Å². The number of carbonyl (C=O) groups excluding carboxylic acids is 2. The molecule has 2 amide bonds. The van der Waals surface area contributed by atoms with Crippen LogP contribution in [0, 0.1) is 12.3 Å². The lowest BCUT2D eigenvalue weighted by Crippen LogP contribution is -2.47. The van der Waals surface area contributed by atoms with Crippen LogP contribution in [-0.4, -0.2) is 70.6 Å². The Bertz CT molecular complexity index is 1400. The van der Waals surface area contributed by atoms with E-state index in [1.807, 2.05) is 36.1 Å². The molecule has 1 saturated heterocycles. The third-order valence-corrected chi connectivity index (χ3v) is 7.93. The highest BCUT2D eigenvalue weighted by Gasteiger charge is 2.37. The summed E-state index contributed by atoms with van der Waals surface area (Å²) in [4.78, 5) is 51.1. The molecule has 0 bridgehead atoms. The second-order valence-corrected chi connectivity index (χ2v) is 10.6. The first-order chi connectivity index (χ1) is 19.4. The first-order valence-electron chi connectivity index (χ1n) is 13.9. The van der Waals surface area contributed by atoms with Crippen LogP contribution < -0.4 is 20.5 Å². The largest absolute Gasteiger partial charge is 0.492 e. The number of pyridine rings is 1. The molecular formula is C30H36N6O4. The van der Waals surface area contributed by atoms with Crippen LogP contribution in [0.25, 0.3) is 0 Å². The summed E-state index contributed by atoms with van der Waals surface area (Å²) in [6, 6.07) is 14.2. The van der Waals surface area contributed by atoms with E-state index < -0.39 is 0 Å². The maximum atomic E-state index is 13.1. The maximum absolute atomic E-state index is 13.1. The number of hydrogen-bond acceptors (Lipinski definition) is 7. The van der Waals surface area contributed by atoms with Gasteiger partial charge in [0.05, 0.1) is 12.2 Å². The SMILES string of the molecule is Cc1nccc(N2CCCC3(CCN(C(=O)Cn4ccccc4=O)CC3)COc3ccccc3C(=O)NCC2)n1. The molecule has 0 aliphatic carbocycles. The second kappa shape index (κ2) is 12.3. The summed E-state index contributed by atoms with van der Waals surface area (Å²) >= 11 is 0. The van der Waals surface area contributed by atoms with E-state index in [1.165, 1.54) is 10.6 Å². The zero-order chi connectivity index (χ0) is 28.0. The quantitative estimate of drug-likeness (QED) is 0.540. The van der Waals surface area contributed by atoms with Gasteiger partial charge < -0.3 is 24.4 Å². The monoisotopic (exact) mass is 544 g/mol. The molecule has 10 nitrogen and oxygen atoms in total. The number of aromatic nitrogens is 3. The van der Waals surface area contributed by atoms with Crippen molar-refractivity contribution >= 4 is 17.6 Å². The number of likely N-dealkylation sites (tertiary alicyclic amines) is 1. The minimum absolute atomic E-state index is 0.0406. The van der Waals surface area contributed by atoms with Crippen LogP contribution in [0.3, 0.4) is 0 Å². The van der Waals surface area contributed by atoms with Gasteiger partial charge in [0.15, 0.2) is 0 Å². The second-order valence-electron chi connectivity index (χ2n) is 10.6. The van der Waals surface area contributed by atoms with Crippen LogP contribution in [0.5, 0.6) is 5.75 Å². The Morgan fingerprint density at radius 3 is 2.60 bits per heavy atom. The summed E-state index contributed by atoms with van der Waals surface area (Å²) in [5, 5.41) is 3.03. The number of benzene rings is 1. The number of rotatable bonds is 3. The third kappa shape index (κ3) is 6.50. The lowest BCUT2D eigenvalue weighted by Gasteiger charge is -2.42. The first kappa shape index (κ1) is 27.4. The average Bonchev–Trinajstić information content (AvgIpc) is 2.97. The van der Waals surface area contributed by atoms with E-state index in [4.69, 9.17) is 4.74 Å². The van der Waals surface area contributed by atoms with Gasteiger partial charge in [-0.2, -0.15) is 0 Å². The Morgan fingerprint density at radius 2 is 1.80 bits per heavy atom. The number of nitrogens with one attached hydrogen (secondary N) is 1. The number of piperidine rings is 1. The normalized spacial score (nSPS) is 18.0. The zero-order valence-electron chi connectivity index (χ0n) is 22.9. The van der Waals surface area contributed by atoms with E-state index in [-0.39, 0.29) is 29.3 Å². The summed E-state index contributed by atoms with van der Waals surface area (Å²) in [6.07, 6.45) is 6.80. The average molecular weight is 545 g/mol. The number of hydrogen-bond donors (Lipinski definition) is 1. The number of anilines is 1. The molecule has 1 aromatic carbocycles. The molecule has 2 aliphatic rings. The van der Waals surface area contributed by atoms with Gasteiger partial charge in [0.25, 0.3) is 11.5 Å². The Labute approximate surface area is 234 Å². The maximum Gasteiger partial charge on any atom is 0.255 e. The van der Waals surface area contributed by atoms with Crippen molar-refractivity contribution in [2.45, 2.75) is 39.2 Å². The molecule has 3 aromatic rings. The molecule has 1 spiro atoms. The number of aryl methyl sites for hydroxylation is 1. The lowest BCUT2D eigenvalue weighted by molar-refractivity contribution is -0.134. The predicted octanol–water partition coefficient (Wildman–Crippen LogP) is 2.66. The number of fused-ring (bicyclic) bond motifs is 1. The van der Waals surface area contributed by atoms with Crippen molar-refractivity contribution < 1.29 is 14.3 Å². The highest BCUT2D eigenvalue weighted by Crippen LogP contribution is 2.38. The number of carbonyl (C=O) groups is 2. The van der Waals surface area contributed by atoms with Crippen LogP contribution in [-0.2, 0) is 11.3 Å². The molecule has 5 rings (SSSR count). The Kier molecular flexibility index (Phi) is 8.42. The van der Waals surface area contributed by atoms with Gasteiger partial charge in [-0.25, -0.2) is 9.97 Å². The smallest absolute Gasteiger partial charge is 0.255 e. The van der Waals surface area contributed by atoms with Gasteiger partial charge in [-0.15, -0.1) is 0 Å². The van der Waals surface area contributed by atoms with E-state index in [0.29, 0.717) is 49.9 Å². The van der Waals surface area contributed by atoms with Gasteiger partial charge >= 0.3 is 0 Å². The van der Waals surface area contributed by atoms with Crippen LogP contribution in [0.4, 0.5) is 5.82 Å². The first-order valence-corrected chi connectivity index (χ1v) is 13.9. The Hall–Kier alpha value is -4.21. The number of ether oxygens (including phenoxy) is 1. The molecular weight excluding hydrogens is 508 g/mol. The molecule has 210 valence electrons. The molecule has 1 fully saturated rings. The van der Waals surface area contributed by atoms with E-state index in [9.17, 15) is 14.4 Å². The zero-order valence-corrected chi connectivity index (χ0v) is 22.9. The van der Waals surface area contributed by atoms with Gasteiger partial charge in [-0.1, -0.05) is 18.2 Å². The van der Waals surface area contributed by atoms with Crippen molar-refractivity contribution in [2.75, 3.05) is 44.2 Å². The van der Waals surface area contributed by atoms with Crippen LogP contribution in [0.1, 0.15) is 41.9 Å². The van der Waals surface area contributed by atoms with Crippen LogP contribution >= 0.6 is 0 Å². The standard InChI is InChI=1S/C30H36N6O4/c1-23-31-14-10-26(33-23)34-17-6-11-30(22-40-25-8-3-2-7-24(25)29(39)32-15-20-34)12-18-35(19-13-30)28(38)21-36-16-5-4-9-27(36)37/h2-5,7-10,14,16H,6,11-13,15,17-22H2,1H3,(H,32,39). The van der Waals surface area contributed by atoms with Gasteiger partial charge in [-0.3, -0.25) is 14.4 Å². The number of para-hydroxylation sites is 1. The summed E-state index contributed by atoms with van der Waals surface area (Å²) in [5.74, 6) is 1.90. The molecule has 2 aliphatic heterocycles. The highest BCUT2D eigenvalue weighted by molar-refractivity contribution is 5.96. The van der Waals surface area contributed by atoms with Crippen molar-refractivity contribution in [3.8, 4) is 5.75 Å². The van der Waals surface area contributed by atoms with Crippen LogP contribution in [0.2, 0.25) is 0 Å². The van der Waals surface area contributed by atoms with E-state index >= 15 is 0 Å². The minimum Gasteiger partial charge on any atom is -0.492 e. The molecule has 2 aromatic heterocycles. The number of nitrogens with zero attached hydrogens (tertiary/aromatic N) is 5. The molecule has 40 heavy (non-hydrogen) atoms. The Morgan fingerprint density at radius 1 is 1.00 bits per heavy atom. The molecule has 1 N–H and O–H groups in total. The van der Waals surface area contributed by atoms with E-state index in [0.717, 1.165) is 38.0 Å². The van der Waals surface area contributed by atoms with Crippen molar-refractivity contribution in [2.24, 2.45) is 5.41 Å². The van der Waals surface area contributed by atoms with Gasteiger partial charge in [0.1, 0.15) is 23.9 Å². The van der Waals surface area contributed by atoms with Crippen molar-refractivity contribution in [1.29, 1.82) is 0 Å². The molecule has 0 atom stereocenters. The van der Waals surface area contributed by atoms with E-state index in [1.54, 1.807) is 30.6 Å². The molecule has 4 heterocycles. The van der Waals surface area contributed by atoms with E-state index in [2.05, 4.69) is 20.2 Å². The minimum atomic E-state index is -0.181. The fourth-order valence-electron chi connectivity index (χ4n) is 5.55. The van der Waals surface area contributed by atoms with Crippen molar-refractivity contribution in [3.05, 3.63) is 82.7 Å². The predicted molar refractivity (Wildman–Crippen MR) is 151 cm³/mol. The molecule has 0 radical (unpaired) electrons. The lowest BCUT2D eigenvalue weighted by atomic mass is 9.75.